The van der Waals surface area contributed by atoms with Crippen LogP contribution in [0.1, 0.15) is 32.9 Å². The Morgan fingerprint density at radius 2 is 2.27 bits per heavy atom. The molecule has 0 aliphatic rings. The molecule has 86 valence electrons. The highest BCUT2D eigenvalue weighted by Gasteiger charge is 2.13. The molecule has 0 saturated heterocycles. The van der Waals surface area contributed by atoms with Gasteiger partial charge in [0.15, 0.2) is 5.13 Å². The molecule has 1 heterocycles. The highest BCUT2D eigenvalue weighted by Crippen LogP contribution is 2.19. The summed E-state index contributed by atoms with van der Waals surface area (Å²) in [4.78, 5) is 4.46. The predicted molar refractivity (Wildman–Crippen MR) is 65.4 cm³/mol. The molecule has 0 radical (unpaired) electrons. The monoisotopic (exact) mass is 228 g/mol. The largest absolute Gasteiger partial charge is 0.396 e. The molecule has 1 rings (SSSR count). The molecule has 15 heavy (non-hydrogen) atoms. The molecule has 2 N–H and O–H groups in total. The molecule has 0 aliphatic carbocycles. The maximum atomic E-state index is 8.96. The lowest BCUT2D eigenvalue weighted by molar-refractivity contribution is 0.267. The molecule has 1 aromatic rings. The Bertz CT molecular complexity index is 286. The number of hydrogen-bond donors (Lipinski definition) is 2. The van der Waals surface area contributed by atoms with Gasteiger partial charge in [-0.05, 0) is 18.8 Å². The van der Waals surface area contributed by atoms with Crippen molar-refractivity contribution in [2.45, 2.75) is 39.7 Å². The second kappa shape index (κ2) is 6.08. The van der Waals surface area contributed by atoms with Crippen molar-refractivity contribution in [1.29, 1.82) is 0 Å². The zero-order valence-corrected chi connectivity index (χ0v) is 10.5. The second-order valence-electron chi connectivity index (χ2n) is 4.00. The summed E-state index contributed by atoms with van der Waals surface area (Å²) >= 11 is 1.64. The Morgan fingerprint density at radius 1 is 1.53 bits per heavy atom. The molecule has 1 aromatic heterocycles. The number of anilines is 1. The standard InChI is InChI=1S/C11H20N2OS/c1-4-9-7-15-11(12-9)13-10(5-6-14)8(2)3/h7-8,10,14H,4-6H2,1-3H3,(H,12,13). The van der Waals surface area contributed by atoms with Gasteiger partial charge in [-0.1, -0.05) is 20.8 Å². The number of rotatable bonds is 6. The summed E-state index contributed by atoms with van der Waals surface area (Å²) in [5, 5.41) is 15.4. The van der Waals surface area contributed by atoms with Crippen molar-refractivity contribution < 1.29 is 5.11 Å². The van der Waals surface area contributed by atoms with Crippen molar-refractivity contribution in [3.8, 4) is 0 Å². The van der Waals surface area contributed by atoms with E-state index in [1.54, 1.807) is 11.3 Å². The maximum absolute atomic E-state index is 8.96. The van der Waals surface area contributed by atoms with E-state index in [0.717, 1.165) is 23.7 Å². The number of nitrogens with one attached hydrogen (secondary N) is 1. The van der Waals surface area contributed by atoms with Crippen LogP contribution in [0.2, 0.25) is 0 Å². The van der Waals surface area contributed by atoms with Crippen LogP contribution in [0.15, 0.2) is 5.38 Å². The maximum Gasteiger partial charge on any atom is 0.183 e. The molecule has 4 heteroatoms. The molecule has 1 unspecified atom stereocenters. The quantitative estimate of drug-likeness (QED) is 0.786. The van der Waals surface area contributed by atoms with E-state index < -0.39 is 0 Å². The van der Waals surface area contributed by atoms with Gasteiger partial charge in [0.05, 0.1) is 5.69 Å². The predicted octanol–water partition coefficient (Wildman–Crippen LogP) is 2.52. The van der Waals surface area contributed by atoms with Crippen molar-refractivity contribution in [2.75, 3.05) is 11.9 Å². The molecule has 0 saturated carbocycles. The third kappa shape index (κ3) is 3.80. The van der Waals surface area contributed by atoms with E-state index in [1.807, 2.05) is 0 Å². The molecule has 0 bridgehead atoms. The fourth-order valence-electron chi connectivity index (χ4n) is 1.41. The molecule has 0 aromatic carbocycles. The summed E-state index contributed by atoms with van der Waals surface area (Å²) in [6.07, 6.45) is 1.75. The van der Waals surface area contributed by atoms with Gasteiger partial charge in [-0.25, -0.2) is 4.98 Å². The number of thiazole rings is 1. The Kier molecular flexibility index (Phi) is 5.05. The van der Waals surface area contributed by atoms with Crippen LogP contribution in [-0.2, 0) is 6.42 Å². The van der Waals surface area contributed by atoms with Crippen LogP contribution in [-0.4, -0.2) is 22.7 Å². The van der Waals surface area contributed by atoms with Gasteiger partial charge in [-0.3, -0.25) is 0 Å². The van der Waals surface area contributed by atoms with E-state index in [2.05, 4.69) is 36.5 Å². The molecule has 0 spiro atoms. The van der Waals surface area contributed by atoms with E-state index in [9.17, 15) is 0 Å². The Morgan fingerprint density at radius 3 is 2.73 bits per heavy atom. The van der Waals surface area contributed by atoms with Gasteiger partial charge in [0.2, 0.25) is 0 Å². The van der Waals surface area contributed by atoms with Crippen LogP contribution in [0.3, 0.4) is 0 Å². The first-order valence-corrected chi connectivity index (χ1v) is 6.37. The summed E-state index contributed by atoms with van der Waals surface area (Å²) in [6, 6.07) is 0.311. The van der Waals surface area contributed by atoms with Gasteiger partial charge in [0.25, 0.3) is 0 Å². The zero-order valence-electron chi connectivity index (χ0n) is 9.66. The highest BCUT2D eigenvalue weighted by atomic mass is 32.1. The van der Waals surface area contributed by atoms with Crippen molar-refractivity contribution >= 4 is 16.5 Å². The van der Waals surface area contributed by atoms with Crippen LogP contribution >= 0.6 is 11.3 Å². The fraction of sp³-hybridized carbons (Fsp3) is 0.727. The Hall–Kier alpha value is -0.610. The Labute approximate surface area is 95.6 Å². The van der Waals surface area contributed by atoms with E-state index in [1.165, 1.54) is 0 Å². The first-order chi connectivity index (χ1) is 7.17. The summed E-state index contributed by atoms with van der Waals surface area (Å²) in [5.41, 5.74) is 1.13. The molecular weight excluding hydrogens is 208 g/mol. The van der Waals surface area contributed by atoms with Crippen molar-refractivity contribution in [1.82, 2.24) is 4.98 Å². The highest BCUT2D eigenvalue weighted by molar-refractivity contribution is 7.13. The molecule has 3 nitrogen and oxygen atoms in total. The fourth-order valence-corrected chi connectivity index (χ4v) is 2.26. The van der Waals surface area contributed by atoms with Gasteiger partial charge in [-0.2, -0.15) is 0 Å². The number of aliphatic hydroxyl groups is 1. The number of nitrogens with zero attached hydrogens (tertiary/aromatic N) is 1. The smallest absolute Gasteiger partial charge is 0.183 e. The average Bonchev–Trinajstić information content (AvgIpc) is 2.65. The second-order valence-corrected chi connectivity index (χ2v) is 4.86. The lowest BCUT2D eigenvalue weighted by Crippen LogP contribution is -2.26. The minimum atomic E-state index is 0.224. The number of aryl methyl sites for hydroxylation is 1. The van der Waals surface area contributed by atoms with Gasteiger partial charge in [0.1, 0.15) is 0 Å². The van der Waals surface area contributed by atoms with Gasteiger partial charge in [0, 0.05) is 18.0 Å². The van der Waals surface area contributed by atoms with Gasteiger partial charge < -0.3 is 10.4 Å². The molecule has 0 amide bonds. The van der Waals surface area contributed by atoms with E-state index in [0.29, 0.717) is 12.0 Å². The number of aliphatic hydroxyl groups excluding tert-OH is 1. The number of hydrogen-bond acceptors (Lipinski definition) is 4. The molecule has 0 aliphatic heterocycles. The Balaban J connectivity index is 2.57. The van der Waals surface area contributed by atoms with Crippen LogP contribution in [0, 0.1) is 5.92 Å². The van der Waals surface area contributed by atoms with Crippen LogP contribution in [0.4, 0.5) is 5.13 Å². The summed E-state index contributed by atoms with van der Waals surface area (Å²) in [6.45, 7) is 6.64. The topological polar surface area (TPSA) is 45.1 Å². The zero-order chi connectivity index (χ0) is 11.3. The van der Waals surface area contributed by atoms with Crippen LogP contribution < -0.4 is 5.32 Å². The summed E-state index contributed by atoms with van der Waals surface area (Å²) in [5.74, 6) is 0.506. The average molecular weight is 228 g/mol. The van der Waals surface area contributed by atoms with Crippen molar-refractivity contribution in [2.24, 2.45) is 5.92 Å². The minimum Gasteiger partial charge on any atom is -0.396 e. The third-order valence-corrected chi connectivity index (χ3v) is 3.29. The van der Waals surface area contributed by atoms with Gasteiger partial charge >= 0.3 is 0 Å². The first kappa shape index (κ1) is 12.5. The van der Waals surface area contributed by atoms with E-state index in [4.69, 9.17) is 5.11 Å². The van der Waals surface area contributed by atoms with E-state index in [-0.39, 0.29) is 6.61 Å². The first-order valence-electron chi connectivity index (χ1n) is 5.49. The molecule has 1 atom stereocenters. The molecular formula is C11H20N2OS. The third-order valence-electron chi connectivity index (χ3n) is 2.47. The minimum absolute atomic E-state index is 0.224. The summed E-state index contributed by atoms with van der Waals surface area (Å²) in [7, 11) is 0. The van der Waals surface area contributed by atoms with E-state index >= 15 is 0 Å². The van der Waals surface area contributed by atoms with Crippen molar-refractivity contribution in [3.05, 3.63) is 11.1 Å². The lowest BCUT2D eigenvalue weighted by atomic mass is 10.0. The molecule has 0 fully saturated rings. The summed E-state index contributed by atoms with van der Waals surface area (Å²) < 4.78 is 0. The number of aromatic nitrogens is 1. The SMILES string of the molecule is CCc1csc(NC(CCO)C(C)C)n1. The van der Waals surface area contributed by atoms with Crippen LogP contribution in [0.25, 0.3) is 0 Å². The van der Waals surface area contributed by atoms with Gasteiger partial charge in [-0.15, -0.1) is 11.3 Å². The normalized spacial score (nSPS) is 13.1. The van der Waals surface area contributed by atoms with Crippen molar-refractivity contribution in [3.63, 3.8) is 0 Å². The van der Waals surface area contributed by atoms with Crippen LogP contribution in [0.5, 0.6) is 0 Å². The lowest BCUT2D eigenvalue weighted by Gasteiger charge is -2.20.